The zero-order chi connectivity index (χ0) is 8.85. The zero-order valence-electron chi connectivity index (χ0n) is 5.65. The highest BCUT2D eigenvalue weighted by Gasteiger charge is 1.93. The van der Waals surface area contributed by atoms with Crippen molar-refractivity contribution in [3.8, 4) is 0 Å². The molecule has 0 rings (SSSR count). The summed E-state index contributed by atoms with van der Waals surface area (Å²) in [5.41, 5.74) is 14.0. The molecule has 0 aromatic carbocycles. The Hall–Kier alpha value is -1.99. The highest BCUT2D eigenvalue weighted by molar-refractivity contribution is 5.95. The summed E-state index contributed by atoms with van der Waals surface area (Å²) in [6.07, 6.45) is 0. The van der Waals surface area contributed by atoms with Crippen LogP contribution < -0.4 is 27.6 Å². The van der Waals surface area contributed by atoms with E-state index in [2.05, 4.69) is 16.2 Å². The second-order valence-corrected chi connectivity index (χ2v) is 1.58. The average molecular weight is 158 g/mol. The van der Waals surface area contributed by atoms with E-state index in [-0.39, 0.29) is 17.9 Å². The Balaban J connectivity index is 3.53. The highest BCUT2D eigenvalue weighted by atomic mass is 15.5. The van der Waals surface area contributed by atoms with Crippen LogP contribution in [0.4, 0.5) is 0 Å². The van der Waals surface area contributed by atoms with Crippen molar-refractivity contribution < 1.29 is 0 Å². The molecule has 0 amide bonds. The van der Waals surface area contributed by atoms with Crippen molar-refractivity contribution in [2.75, 3.05) is 0 Å². The standard InChI is InChI=1S/C3H10N8/c4-1(5)9-3(8)11-10-2(6)7/h(H4,6,7,10)(H6,4,5,8,9,11). The lowest BCUT2D eigenvalue weighted by Crippen LogP contribution is -2.52. The normalized spacial score (nSPS) is 8.00. The van der Waals surface area contributed by atoms with Gasteiger partial charge in [-0.2, -0.15) is 0 Å². The Morgan fingerprint density at radius 1 is 0.909 bits per heavy atom. The maximum atomic E-state index is 6.95. The molecule has 0 aliphatic rings. The summed E-state index contributed by atoms with van der Waals surface area (Å²) in [6.45, 7) is 0. The molecular weight excluding hydrogens is 148 g/mol. The molecule has 11 heavy (non-hydrogen) atoms. The first-order chi connectivity index (χ1) is 5.02. The predicted molar refractivity (Wildman–Crippen MR) is 41.0 cm³/mol. The second kappa shape index (κ2) is 3.93. The molecule has 0 saturated heterocycles. The molecule has 0 atom stereocenters. The lowest BCUT2D eigenvalue weighted by molar-refractivity contribution is 0.818. The summed E-state index contributed by atoms with van der Waals surface area (Å²) in [5.74, 6) is -0.958. The van der Waals surface area contributed by atoms with Crippen LogP contribution in [0, 0.1) is 16.2 Å². The number of nitrogens with two attached hydrogens (primary N) is 2. The van der Waals surface area contributed by atoms with Crippen LogP contribution in [-0.4, -0.2) is 17.9 Å². The first kappa shape index (κ1) is 9.01. The third kappa shape index (κ3) is 5.89. The molecule has 0 fully saturated rings. The summed E-state index contributed by atoms with van der Waals surface area (Å²) in [5, 5.41) is 22.4. The number of hydrogen-bond acceptors (Lipinski definition) is 3. The van der Waals surface area contributed by atoms with Gasteiger partial charge >= 0.3 is 0 Å². The Bertz CT molecular complexity index is 182. The van der Waals surface area contributed by atoms with E-state index in [1.807, 2.05) is 0 Å². The van der Waals surface area contributed by atoms with Crippen LogP contribution in [0.1, 0.15) is 0 Å². The maximum Gasteiger partial charge on any atom is 0.214 e. The van der Waals surface area contributed by atoms with E-state index < -0.39 is 0 Å². The van der Waals surface area contributed by atoms with Gasteiger partial charge in [-0.1, -0.05) is 0 Å². The fourth-order valence-corrected chi connectivity index (χ4v) is 0.296. The van der Waals surface area contributed by atoms with Crippen LogP contribution in [-0.2, 0) is 0 Å². The third-order valence-electron chi connectivity index (χ3n) is 0.582. The number of nitrogens with one attached hydrogen (secondary N) is 6. The van der Waals surface area contributed by atoms with Gasteiger partial charge in [-0.3, -0.25) is 32.4 Å². The molecule has 0 bridgehead atoms. The quantitative estimate of drug-likeness (QED) is 0.110. The molecule has 0 unspecified atom stereocenters. The van der Waals surface area contributed by atoms with Gasteiger partial charge in [0.05, 0.1) is 0 Å². The molecule has 0 heterocycles. The van der Waals surface area contributed by atoms with E-state index in [0.29, 0.717) is 0 Å². The van der Waals surface area contributed by atoms with E-state index >= 15 is 0 Å². The van der Waals surface area contributed by atoms with Gasteiger partial charge in [0.25, 0.3) is 0 Å². The van der Waals surface area contributed by atoms with Crippen LogP contribution in [0.15, 0.2) is 0 Å². The Morgan fingerprint density at radius 3 is 1.82 bits per heavy atom. The molecule has 0 saturated carbocycles. The van der Waals surface area contributed by atoms with E-state index in [1.54, 1.807) is 0 Å². The van der Waals surface area contributed by atoms with Crippen LogP contribution in [0.25, 0.3) is 0 Å². The van der Waals surface area contributed by atoms with Crippen molar-refractivity contribution >= 4 is 17.9 Å². The van der Waals surface area contributed by atoms with Crippen molar-refractivity contribution in [2.24, 2.45) is 11.5 Å². The SMILES string of the molecule is N=C(N)NNC(=N)NC(=N)N. The topological polar surface area (TPSA) is 160 Å². The average Bonchev–Trinajstić information content (AvgIpc) is 1.82. The summed E-state index contributed by atoms with van der Waals surface area (Å²) in [4.78, 5) is 0. The number of hydrogen-bond donors (Lipinski definition) is 8. The molecule has 0 aliphatic carbocycles. The molecule has 8 heteroatoms. The first-order valence-corrected chi connectivity index (χ1v) is 2.58. The van der Waals surface area contributed by atoms with Crippen LogP contribution in [0.2, 0.25) is 0 Å². The Kier molecular flexibility index (Phi) is 3.22. The molecule has 0 spiro atoms. The molecule has 0 radical (unpaired) electrons. The third-order valence-corrected chi connectivity index (χ3v) is 0.582. The van der Waals surface area contributed by atoms with Gasteiger partial charge in [-0.25, -0.2) is 0 Å². The van der Waals surface area contributed by atoms with Gasteiger partial charge in [0.15, 0.2) is 5.96 Å². The maximum absolute atomic E-state index is 6.95. The van der Waals surface area contributed by atoms with Crippen LogP contribution >= 0.6 is 0 Å². The summed E-state index contributed by atoms with van der Waals surface area (Å²) in [7, 11) is 0. The summed E-state index contributed by atoms with van der Waals surface area (Å²) >= 11 is 0. The van der Waals surface area contributed by atoms with Crippen molar-refractivity contribution in [1.29, 1.82) is 16.2 Å². The molecule has 8 nitrogen and oxygen atoms in total. The number of rotatable bonds is 0. The van der Waals surface area contributed by atoms with Gasteiger partial charge < -0.3 is 11.5 Å². The first-order valence-electron chi connectivity index (χ1n) is 2.58. The highest BCUT2D eigenvalue weighted by Crippen LogP contribution is 1.53. The Labute approximate surface area is 62.8 Å². The lowest BCUT2D eigenvalue weighted by atomic mass is 10.9. The summed E-state index contributed by atoms with van der Waals surface area (Å²) in [6, 6.07) is 0. The van der Waals surface area contributed by atoms with Crippen molar-refractivity contribution in [3.05, 3.63) is 0 Å². The van der Waals surface area contributed by atoms with Gasteiger partial charge in [0, 0.05) is 0 Å². The Morgan fingerprint density at radius 2 is 1.45 bits per heavy atom. The number of guanidine groups is 3. The van der Waals surface area contributed by atoms with E-state index in [4.69, 9.17) is 27.7 Å². The van der Waals surface area contributed by atoms with Crippen LogP contribution in [0.5, 0.6) is 0 Å². The van der Waals surface area contributed by atoms with Crippen molar-refractivity contribution in [3.63, 3.8) is 0 Å². The molecule has 0 aliphatic heterocycles. The fourth-order valence-electron chi connectivity index (χ4n) is 0.296. The van der Waals surface area contributed by atoms with Gasteiger partial charge in [-0.05, 0) is 0 Å². The second-order valence-electron chi connectivity index (χ2n) is 1.58. The lowest BCUT2D eigenvalue weighted by Gasteiger charge is -2.08. The fraction of sp³-hybridized carbons (Fsp3) is 0. The molecular formula is C3H10N8. The van der Waals surface area contributed by atoms with E-state index in [0.717, 1.165) is 0 Å². The predicted octanol–water partition coefficient (Wildman–Crippen LogP) is -2.61. The largest absolute Gasteiger partial charge is 0.370 e. The summed E-state index contributed by atoms with van der Waals surface area (Å²) < 4.78 is 0. The minimum atomic E-state index is -0.368. The van der Waals surface area contributed by atoms with E-state index in [1.165, 1.54) is 0 Å². The molecule has 10 N–H and O–H groups in total. The van der Waals surface area contributed by atoms with Crippen LogP contribution in [0.3, 0.4) is 0 Å². The zero-order valence-corrected chi connectivity index (χ0v) is 5.65. The minimum Gasteiger partial charge on any atom is -0.370 e. The smallest absolute Gasteiger partial charge is 0.214 e. The monoisotopic (exact) mass is 158 g/mol. The van der Waals surface area contributed by atoms with Crippen molar-refractivity contribution in [1.82, 2.24) is 16.2 Å². The van der Waals surface area contributed by atoms with Crippen molar-refractivity contribution in [2.45, 2.75) is 0 Å². The van der Waals surface area contributed by atoms with E-state index in [9.17, 15) is 0 Å². The van der Waals surface area contributed by atoms with Gasteiger partial charge in [-0.15, -0.1) is 0 Å². The minimum absolute atomic E-state index is 0.257. The number of hydrazine groups is 1. The molecule has 0 aromatic heterocycles. The van der Waals surface area contributed by atoms with Gasteiger partial charge in [0.1, 0.15) is 0 Å². The molecule has 0 aromatic rings. The molecule has 62 valence electrons. The van der Waals surface area contributed by atoms with Gasteiger partial charge in [0.2, 0.25) is 11.9 Å².